The molecule has 0 spiro atoms. The normalized spacial score (nSPS) is 18.1. The van der Waals surface area contributed by atoms with Crippen molar-refractivity contribution in [1.82, 2.24) is 0 Å². The van der Waals surface area contributed by atoms with E-state index in [0.717, 1.165) is 58.2 Å². The van der Waals surface area contributed by atoms with Crippen molar-refractivity contribution in [3.8, 4) is 28.4 Å². The van der Waals surface area contributed by atoms with E-state index >= 15 is 0 Å². The van der Waals surface area contributed by atoms with Crippen LogP contribution in [0.4, 0.5) is 16.2 Å². The number of nitrogens with zero attached hydrogens (tertiary/aromatic N) is 2. The average Bonchev–Trinajstić information content (AvgIpc) is 3.29. The Kier molecular flexibility index (Phi) is 4.61. The standard InChI is InChI=1S/C34H28N2O3/c1-19-18-36-33-25(20-9-4-6-12-26(20)35(2)34(36)37)17-29(38-3)32(30(19)33)24-16-15-23-21-10-5-7-13-27(21)39-28-14-8-11-22(24)31(23)28/h4-14,17,19H,15-16,18H2,1-3H3. The van der Waals surface area contributed by atoms with E-state index in [4.69, 9.17) is 9.47 Å². The summed E-state index contributed by atoms with van der Waals surface area (Å²) in [4.78, 5) is 17.5. The third kappa shape index (κ3) is 2.93. The Balaban J connectivity index is 1.49. The Morgan fingerprint density at radius 1 is 0.872 bits per heavy atom. The van der Waals surface area contributed by atoms with Crippen LogP contribution < -0.4 is 29.7 Å². The predicted molar refractivity (Wildman–Crippen MR) is 154 cm³/mol. The van der Waals surface area contributed by atoms with Gasteiger partial charge >= 0.3 is 6.03 Å². The molecule has 5 nitrogen and oxygen atoms in total. The topological polar surface area (TPSA) is 42.0 Å². The van der Waals surface area contributed by atoms with Gasteiger partial charge in [-0.2, -0.15) is 0 Å². The summed E-state index contributed by atoms with van der Waals surface area (Å²) in [5.74, 6) is 2.86. The maximum atomic E-state index is 13.8. The van der Waals surface area contributed by atoms with E-state index in [9.17, 15) is 4.79 Å². The highest BCUT2D eigenvalue weighted by atomic mass is 16.5. The number of urea groups is 1. The lowest BCUT2D eigenvalue weighted by Gasteiger charge is -2.27. The van der Waals surface area contributed by atoms with Gasteiger partial charge in [-0.25, -0.2) is 4.79 Å². The van der Waals surface area contributed by atoms with Crippen LogP contribution in [-0.2, 0) is 0 Å². The molecule has 0 bridgehead atoms. The van der Waals surface area contributed by atoms with E-state index in [1.54, 1.807) is 12.0 Å². The summed E-state index contributed by atoms with van der Waals surface area (Å²) < 4.78 is 12.6. The molecular formula is C34H28N2O3. The lowest BCUT2D eigenvalue weighted by atomic mass is 9.81. The predicted octanol–water partition coefficient (Wildman–Crippen LogP) is 6.15. The largest absolute Gasteiger partial charge is 0.496 e. The Morgan fingerprint density at radius 2 is 1.62 bits per heavy atom. The van der Waals surface area contributed by atoms with Crippen LogP contribution in [0.1, 0.15) is 42.4 Å². The molecule has 0 N–H and O–H groups in total. The molecule has 4 aromatic rings. The van der Waals surface area contributed by atoms with Crippen molar-refractivity contribution < 1.29 is 14.3 Å². The molecule has 4 aromatic carbocycles. The van der Waals surface area contributed by atoms with Gasteiger partial charge in [0.15, 0.2) is 0 Å². The van der Waals surface area contributed by atoms with Gasteiger partial charge in [-0.3, -0.25) is 9.80 Å². The molecule has 1 unspecified atom stereocenters. The molecule has 0 aromatic heterocycles. The van der Waals surface area contributed by atoms with E-state index in [0.29, 0.717) is 6.54 Å². The fraction of sp³-hybridized carbons (Fsp3) is 0.206. The van der Waals surface area contributed by atoms with Gasteiger partial charge in [0, 0.05) is 47.0 Å². The zero-order chi connectivity index (χ0) is 26.4. The van der Waals surface area contributed by atoms with Gasteiger partial charge < -0.3 is 9.47 Å². The van der Waals surface area contributed by atoms with E-state index in [1.807, 2.05) is 36.2 Å². The molecule has 3 heterocycles. The van der Waals surface area contributed by atoms with Crippen LogP contribution in [0.5, 0.6) is 17.2 Å². The molecule has 8 rings (SSSR count). The minimum Gasteiger partial charge on any atom is -0.496 e. The molecule has 1 atom stereocenters. The minimum absolute atomic E-state index is 0.00859. The zero-order valence-electron chi connectivity index (χ0n) is 22.2. The van der Waals surface area contributed by atoms with E-state index in [2.05, 4.69) is 55.5 Å². The van der Waals surface area contributed by atoms with Gasteiger partial charge in [-0.05, 0) is 59.0 Å². The zero-order valence-corrected chi connectivity index (χ0v) is 22.2. The number of rotatable bonds is 2. The molecule has 0 saturated carbocycles. The summed E-state index contributed by atoms with van der Waals surface area (Å²) in [6.07, 6.45) is 1.81. The summed E-state index contributed by atoms with van der Waals surface area (Å²) in [7, 11) is 3.63. The first-order chi connectivity index (χ1) is 19.1. The lowest BCUT2D eigenvalue weighted by molar-refractivity contribution is 0.253. The number of methoxy groups -OCH3 is 1. The van der Waals surface area contributed by atoms with Gasteiger partial charge in [0.1, 0.15) is 17.2 Å². The summed E-state index contributed by atoms with van der Waals surface area (Å²) in [5.41, 5.74) is 10.2. The molecule has 39 heavy (non-hydrogen) atoms. The second-order valence-corrected chi connectivity index (χ2v) is 10.9. The minimum atomic E-state index is 0.00859. The number of anilines is 2. The molecule has 0 radical (unpaired) electrons. The first-order valence-corrected chi connectivity index (χ1v) is 13.6. The van der Waals surface area contributed by atoms with Crippen molar-refractivity contribution in [2.45, 2.75) is 25.7 Å². The van der Waals surface area contributed by atoms with Crippen molar-refractivity contribution in [1.29, 1.82) is 0 Å². The number of ether oxygens (including phenoxy) is 2. The number of amides is 2. The second kappa shape index (κ2) is 8.00. The Labute approximate surface area is 227 Å². The van der Waals surface area contributed by atoms with Crippen LogP contribution in [0.3, 0.4) is 0 Å². The third-order valence-corrected chi connectivity index (χ3v) is 8.83. The van der Waals surface area contributed by atoms with Crippen LogP contribution in [0, 0.1) is 0 Å². The summed E-state index contributed by atoms with van der Waals surface area (Å²) >= 11 is 0. The van der Waals surface area contributed by atoms with Crippen LogP contribution in [0.25, 0.3) is 22.3 Å². The Morgan fingerprint density at radius 3 is 2.46 bits per heavy atom. The smallest absolute Gasteiger partial charge is 0.328 e. The molecule has 5 heteroatoms. The quantitative estimate of drug-likeness (QED) is 0.323. The van der Waals surface area contributed by atoms with Crippen molar-refractivity contribution in [3.63, 3.8) is 0 Å². The number of fused-ring (bicyclic) bond motifs is 4. The van der Waals surface area contributed by atoms with Gasteiger partial charge in [0.05, 0.1) is 18.5 Å². The highest BCUT2D eigenvalue weighted by molar-refractivity contribution is 6.14. The highest BCUT2D eigenvalue weighted by Crippen LogP contribution is 2.54. The van der Waals surface area contributed by atoms with Gasteiger partial charge in [0.2, 0.25) is 0 Å². The number of hydrogen-bond acceptors (Lipinski definition) is 3. The first-order valence-electron chi connectivity index (χ1n) is 13.6. The monoisotopic (exact) mass is 512 g/mol. The molecular weight excluding hydrogens is 484 g/mol. The average molecular weight is 513 g/mol. The van der Waals surface area contributed by atoms with Crippen molar-refractivity contribution in [2.24, 2.45) is 0 Å². The molecule has 192 valence electrons. The van der Waals surface area contributed by atoms with Crippen LogP contribution in [-0.4, -0.2) is 26.7 Å². The number of hydrogen-bond donors (Lipinski definition) is 0. The third-order valence-electron chi connectivity index (χ3n) is 8.83. The maximum Gasteiger partial charge on any atom is 0.328 e. The van der Waals surface area contributed by atoms with E-state index in [-0.39, 0.29) is 11.9 Å². The highest BCUT2D eigenvalue weighted by Gasteiger charge is 2.41. The van der Waals surface area contributed by atoms with Crippen molar-refractivity contribution in [3.05, 3.63) is 99.9 Å². The second-order valence-electron chi connectivity index (χ2n) is 10.9. The van der Waals surface area contributed by atoms with Gasteiger partial charge in [-0.1, -0.05) is 55.5 Å². The summed E-state index contributed by atoms with van der Waals surface area (Å²) in [5, 5.41) is 2.38. The van der Waals surface area contributed by atoms with Crippen molar-refractivity contribution in [2.75, 3.05) is 30.5 Å². The van der Waals surface area contributed by atoms with Gasteiger partial charge in [-0.15, -0.1) is 0 Å². The summed E-state index contributed by atoms with van der Waals surface area (Å²) in [6.45, 7) is 2.88. The van der Waals surface area contributed by atoms with E-state index < -0.39 is 0 Å². The SMILES string of the molecule is COc1cc2c3c(c1C1=c4cccc5c4=C(CC1)c1ccccc1O5)C(C)CN3C(=O)N(C)c1ccccc1-2. The number of benzene rings is 4. The number of para-hydroxylation sites is 2. The Hall–Kier alpha value is -4.51. The molecule has 3 aliphatic heterocycles. The molecule has 4 aliphatic rings. The van der Waals surface area contributed by atoms with Crippen LogP contribution >= 0.6 is 0 Å². The van der Waals surface area contributed by atoms with Crippen LogP contribution in [0.15, 0.2) is 72.8 Å². The van der Waals surface area contributed by atoms with Gasteiger partial charge in [0.25, 0.3) is 0 Å². The summed E-state index contributed by atoms with van der Waals surface area (Å²) in [6, 6.07) is 25.0. The fourth-order valence-electron chi connectivity index (χ4n) is 7.17. The number of carbonyl (C=O) groups is 1. The maximum absolute atomic E-state index is 13.8. The molecule has 1 aliphatic carbocycles. The fourth-order valence-corrected chi connectivity index (χ4v) is 7.17. The van der Waals surface area contributed by atoms with E-state index in [1.165, 1.54) is 32.7 Å². The molecule has 0 fully saturated rings. The lowest BCUT2D eigenvalue weighted by Crippen LogP contribution is -2.39. The number of carbonyl (C=O) groups excluding carboxylic acids is 1. The van der Waals surface area contributed by atoms with Crippen molar-refractivity contribution >= 4 is 28.6 Å². The Bertz CT molecular complexity index is 1870. The molecule has 2 amide bonds. The van der Waals surface area contributed by atoms with Crippen LogP contribution in [0.2, 0.25) is 0 Å². The first kappa shape index (κ1) is 22.5. The molecule has 0 saturated heterocycles.